The van der Waals surface area contributed by atoms with Gasteiger partial charge in [-0.05, 0) is 166 Å². The van der Waals surface area contributed by atoms with E-state index in [9.17, 15) is 72.8 Å². The minimum atomic E-state index is -3.89. The minimum Gasteiger partial charge on any atom is -0.485 e. The summed E-state index contributed by atoms with van der Waals surface area (Å²) in [5.74, 6) is -6.14. The highest BCUT2D eigenvalue weighted by Crippen LogP contribution is 2.59. The van der Waals surface area contributed by atoms with Crippen molar-refractivity contribution in [3.8, 4) is 23.3 Å². The first-order valence-electron chi connectivity index (χ1n) is 39.2. The number of carbonyl (C=O) groups excluding carboxylic acids is 8. The number of aromatic nitrogens is 2. The standard InChI is InChI=1S/2C41H53F2N3O9S/c2*1-24-10-6-7-11-26-19-41(26,39(50)45-56(51,52)28-14-15-28)20-33(47)32-17-27(22-46(32)38(49)31(25(2)16-24)18-36(48)55-40(3,4)5)54-37-30-13-9-8-12-29(30)34(21-44-37)53-23-35(42)43/h2*7-9,11-13,21,24-28,31-32,35H,6,10,14-20,22-23H2,1-5H3,(H,45,50)/b2*11-7-/t24-,25+,26+,27+,31-,32-,41+;24-,25-,26-,27-,31+,32+,41-/m01/s1. The molecule has 612 valence electrons. The maximum absolute atomic E-state index is 14.8. The smallest absolute Gasteiger partial charge is 0.307 e. The average Bonchev–Trinajstić information content (AvgIpc) is 1.57. The number of halogens is 4. The molecule has 0 radical (unpaired) electrons. The van der Waals surface area contributed by atoms with Crippen LogP contribution in [0.15, 0.2) is 85.2 Å². The van der Waals surface area contributed by atoms with Crippen LogP contribution in [0.3, 0.4) is 0 Å². The number of pyridine rings is 2. The minimum absolute atomic E-state index is 0.0345. The number of carbonyl (C=O) groups is 8. The Labute approximate surface area is 652 Å². The number of sulfonamides is 2. The van der Waals surface area contributed by atoms with E-state index in [4.69, 9.17) is 28.4 Å². The number of Topliss-reactive ketones (excluding diaryl/α,β-unsaturated/α-hetero) is 2. The third kappa shape index (κ3) is 21.0. The molecule has 0 unspecified atom stereocenters. The molecule has 24 nitrogen and oxygen atoms in total. The van der Waals surface area contributed by atoms with Crippen LogP contribution in [0.1, 0.15) is 185 Å². The zero-order valence-electron chi connectivity index (χ0n) is 65.3. The predicted molar refractivity (Wildman–Crippen MR) is 407 cm³/mol. The number of rotatable bonds is 20. The second-order valence-corrected chi connectivity index (χ2v) is 38.2. The van der Waals surface area contributed by atoms with Gasteiger partial charge in [0.05, 0.1) is 83.6 Å². The van der Waals surface area contributed by atoms with Gasteiger partial charge in [-0.15, -0.1) is 0 Å². The summed E-state index contributed by atoms with van der Waals surface area (Å²) in [5.41, 5.74) is -4.17. The summed E-state index contributed by atoms with van der Waals surface area (Å²) < 4.78 is 143. The summed E-state index contributed by atoms with van der Waals surface area (Å²) >= 11 is 0. The fourth-order valence-corrected chi connectivity index (χ4v) is 19.2. The highest BCUT2D eigenvalue weighted by molar-refractivity contribution is 7.91. The highest BCUT2D eigenvalue weighted by atomic mass is 32.2. The van der Waals surface area contributed by atoms with Crippen LogP contribution in [-0.4, -0.2) is 169 Å². The quantitative estimate of drug-likeness (QED) is 0.0472. The number of ether oxygens (including phenoxy) is 6. The molecule has 4 saturated carbocycles. The Morgan fingerprint density at radius 2 is 0.893 bits per heavy atom. The van der Waals surface area contributed by atoms with Crippen molar-refractivity contribution in [2.45, 2.75) is 244 Å². The molecule has 2 saturated heterocycles. The molecule has 30 heteroatoms. The third-order valence-electron chi connectivity index (χ3n) is 22.7. The number of hydrogen-bond acceptors (Lipinski definition) is 20. The number of allylic oxidation sites excluding steroid dienone is 4. The lowest BCUT2D eigenvalue weighted by atomic mass is 9.82. The Bertz CT molecular complexity index is 4210. The molecule has 112 heavy (non-hydrogen) atoms. The number of hydrogen-bond donors (Lipinski definition) is 2. The SMILES string of the molecule is C[C@@H]1CC/C=C\[C@@H]2C[C@@]2(C(=O)NS(=O)(=O)C2CC2)CC(=O)[C@@H]2C[C@@H](Oc3ncc(OCC(F)F)c4ccccc34)CN2C(=O)[C@@H](CC(=O)OC(C)(C)C)[C@H](C)C1.C[C@H]1CC/C=C\[C@@H]2C[C@@]2(C(=O)NS(=O)(=O)C2CC2)CC(=O)[C@@H]2C[C@@H](Oc3ncc(OCC(F)F)c4ccccc34)CN2C(=O)[C@@H](CC(=O)OC(C)(C)C)[C@H](C)C1. The van der Waals surface area contributed by atoms with Crippen LogP contribution in [0, 0.1) is 58.2 Å². The van der Waals surface area contributed by atoms with Gasteiger partial charge in [0.2, 0.25) is 55.4 Å². The van der Waals surface area contributed by atoms with Gasteiger partial charge >= 0.3 is 11.9 Å². The average molecular weight is 1600 g/mol. The molecule has 2 aromatic carbocycles. The van der Waals surface area contributed by atoms with Crippen molar-refractivity contribution in [3.63, 3.8) is 0 Å². The number of esters is 2. The molecular weight excluding hydrogens is 1500 g/mol. The largest absolute Gasteiger partial charge is 0.485 e. The first-order valence-corrected chi connectivity index (χ1v) is 42.3. The third-order valence-corrected chi connectivity index (χ3v) is 26.3. The van der Waals surface area contributed by atoms with Crippen LogP contribution in [0.2, 0.25) is 0 Å². The summed E-state index contributed by atoms with van der Waals surface area (Å²) in [6.07, 6.45) is 9.18. The van der Waals surface area contributed by atoms with Gasteiger partial charge in [0.25, 0.3) is 12.9 Å². The van der Waals surface area contributed by atoms with Gasteiger partial charge in [-0.2, -0.15) is 0 Å². The van der Waals surface area contributed by atoms with Crippen LogP contribution < -0.4 is 28.4 Å². The molecule has 4 aromatic rings. The van der Waals surface area contributed by atoms with Crippen LogP contribution in [0.5, 0.6) is 23.3 Å². The van der Waals surface area contributed by atoms with E-state index in [0.717, 1.165) is 12.8 Å². The number of nitrogens with zero attached hydrogens (tertiary/aromatic N) is 4. The van der Waals surface area contributed by atoms with Crippen molar-refractivity contribution in [2.24, 2.45) is 58.2 Å². The van der Waals surface area contributed by atoms with E-state index in [0.29, 0.717) is 72.9 Å². The van der Waals surface area contributed by atoms with Gasteiger partial charge in [-0.1, -0.05) is 88.4 Å². The number of fused-ring (bicyclic) bond motifs is 6. The fraction of sp³-hybridized carbons (Fsp3) is 0.634. The van der Waals surface area contributed by atoms with Crippen molar-refractivity contribution in [3.05, 3.63) is 85.2 Å². The second-order valence-electron chi connectivity index (χ2n) is 34.3. The van der Waals surface area contributed by atoms with Crippen molar-refractivity contribution in [2.75, 3.05) is 26.3 Å². The van der Waals surface area contributed by atoms with E-state index >= 15 is 0 Å². The van der Waals surface area contributed by atoms with Crippen LogP contribution in [0.25, 0.3) is 21.5 Å². The molecule has 4 amide bonds. The normalized spacial score (nSPS) is 29.5. The number of benzene rings is 2. The molecule has 2 N–H and O–H groups in total. The second kappa shape index (κ2) is 34.4. The van der Waals surface area contributed by atoms with E-state index in [1.807, 2.05) is 38.2 Å². The molecule has 4 aliphatic heterocycles. The molecule has 6 heterocycles. The number of amides is 4. The lowest BCUT2D eigenvalue weighted by molar-refractivity contribution is -0.160. The van der Waals surface area contributed by atoms with Gasteiger partial charge in [-0.3, -0.25) is 47.8 Å². The van der Waals surface area contributed by atoms with E-state index in [1.165, 1.54) is 22.2 Å². The highest BCUT2D eigenvalue weighted by Gasteiger charge is 2.63. The lowest BCUT2D eigenvalue weighted by Crippen LogP contribution is -2.47. The first-order chi connectivity index (χ1) is 52.7. The monoisotopic (exact) mass is 1600 g/mol. The predicted octanol–water partition coefficient (Wildman–Crippen LogP) is 12.3. The summed E-state index contributed by atoms with van der Waals surface area (Å²) in [6.45, 7) is 16.8. The molecule has 2 aromatic heterocycles. The Kier molecular flexibility index (Phi) is 26.0. The summed E-state index contributed by atoms with van der Waals surface area (Å²) in [6, 6.07) is 11.6. The van der Waals surface area contributed by atoms with Crippen LogP contribution >= 0.6 is 0 Å². The molecule has 4 aliphatic carbocycles. The zero-order valence-corrected chi connectivity index (χ0v) is 67.0. The molecular formula is C82H106F4N6O18S2. The molecule has 8 aliphatic rings. The first kappa shape index (κ1) is 84.6. The zero-order chi connectivity index (χ0) is 81.2. The summed E-state index contributed by atoms with van der Waals surface area (Å²) in [5, 5.41) is 0.670. The van der Waals surface area contributed by atoms with Gasteiger partial charge < -0.3 is 38.2 Å². The van der Waals surface area contributed by atoms with E-state index in [2.05, 4.69) is 33.3 Å². The van der Waals surface area contributed by atoms with E-state index in [-0.39, 0.29) is 123 Å². The topological polar surface area (TPSA) is 317 Å². The van der Waals surface area contributed by atoms with Crippen molar-refractivity contribution < 1.29 is 101 Å². The van der Waals surface area contributed by atoms with Gasteiger partial charge in [0.1, 0.15) is 48.1 Å². The van der Waals surface area contributed by atoms with E-state index < -0.39 is 162 Å². The fourth-order valence-electron chi connectivity index (χ4n) is 16.4. The van der Waals surface area contributed by atoms with Gasteiger partial charge in [0.15, 0.2) is 11.6 Å². The Balaban J connectivity index is 0.000000221. The van der Waals surface area contributed by atoms with Crippen LogP contribution in [0.4, 0.5) is 17.6 Å². The number of ketones is 2. The molecule has 12 rings (SSSR count). The summed E-state index contributed by atoms with van der Waals surface area (Å²) in [7, 11) is -7.78. The van der Waals surface area contributed by atoms with Crippen molar-refractivity contribution >= 4 is 88.7 Å². The molecule has 14 atom stereocenters. The Hall–Kier alpha value is -8.28. The maximum atomic E-state index is 14.8. The lowest BCUT2D eigenvalue weighted by Gasteiger charge is -2.32. The Morgan fingerprint density at radius 3 is 1.23 bits per heavy atom. The van der Waals surface area contributed by atoms with Gasteiger partial charge in [0, 0.05) is 47.2 Å². The summed E-state index contributed by atoms with van der Waals surface area (Å²) in [4.78, 5) is 125. The molecule has 0 bridgehead atoms. The number of alkyl halides is 4. The van der Waals surface area contributed by atoms with Crippen molar-refractivity contribution in [1.29, 1.82) is 0 Å². The van der Waals surface area contributed by atoms with Crippen LogP contribution in [-0.2, 0) is 67.9 Å². The van der Waals surface area contributed by atoms with Crippen molar-refractivity contribution in [1.82, 2.24) is 29.2 Å². The molecule has 0 spiro atoms. The van der Waals surface area contributed by atoms with E-state index in [1.54, 1.807) is 90.1 Å². The number of nitrogens with one attached hydrogen (secondary N) is 2. The van der Waals surface area contributed by atoms with Gasteiger partial charge in [-0.25, -0.2) is 44.4 Å². The Morgan fingerprint density at radius 1 is 0.536 bits per heavy atom. The maximum Gasteiger partial charge on any atom is 0.307 e. The molecule has 6 fully saturated rings.